The first kappa shape index (κ1) is 18.0. The van der Waals surface area contributed by atoms with Crippen molar-refractivity contribution in [3.8, 4) is 0 Å². The third-order valence-corrected chi connectivity index (χ3v) is 4.69. The number of amides is 1. The minimum Gasteiger partial charge on any atom is -0.386 e. The van der Waals surface area contributed by atoms with Gasteiger partial charge in [0.25, 0.3) is 5.91 Å². The molecule has 0 unspecified atom stereocenters. The molecule has 3 rings (SSSR count). The molecule has 2 heterocycles. The highest BCUT2D eigenvalue weighted by Gasteiger charge is 2.30. The number of ether oxygens (including phenoxy) is 1. The fraction of sp³-hybridized carbons (Fsp3) is 0.235. The summed E-state index contributed by atoms with van der Waals surface area (Å²) in [5.41, 5.74) is 7.09. The molecular weight excluding hydrogens is 452 g/mol. The third-order valence-electron chi connectivity index (χ3n) is 3.76. The number of carbonyl (C=O) groups is 1. The van der Waals surface area contributed by atoms with Gasteiger partial charge in [0.15, 0.2) is 0 Å². The first-order valence-corrected chi connectivity index (χ1v) is 9.10. The smallest absolute Gasteiger partial charge is 0.274 e. The second-order valence-electron chi connectivity index (χ2n) is 5.91. The van der Waals surface area contributed by atoms with Crippen molar-refractivity contribution < 1.29 is 9.53 Å². The molecule has 0 aliphatic carbocycles. The molecule has 1 amide bonds. The number of pyridine rings is 1. The minimum absolute atomic E-state index is 0.287. The number of hydrogen-bond donors (Lipinski definition) is 2. The molecule has 1 aromatic carbocycles. The number of aromatic nitrogens is 1. The first-order chi connectivity index (χ1) is 11.9. The van der Waals surface area contributed by atoms with Gasteiger partial charge in [0.2, 0.25) is 0 Å². The summed E-state index contributed by atoms with van der Waals surface area (Å²) in [4.78, 5) is 21.0. The van der Waals surface area contributed by atoms with Crippen LogP contribution in [0.15, 0.2) is 50.5 Å². The molecule has 0 saturated heterocycles. The standard InChI is InChI=1S/C17H16Br2N4O2/c1-17(9-25-8-15(20)23-17)10-4-12(19)6-13(5-10)22-16(24)14-3-2-11(18)7-21-14/h2-7H,8-9H2,1H3,(H2,20,23)(H,22,24)/t17-/m0/s1. The van der Waals surface area contributed by atoms with Gasteiger partial charge < -0.3 is 15.8 Å². The fourth-order valence-electron chi connectivity index (χ4n) is 2.56. The van der Waals surface area contributed by atoms with Gasteiger partial charge in [0.05, 0.1) is 6.61 Å². The Bertz CT molecular complexity index is 839. The number of aliphatic imine (C=N–C) groups is 1. The van der Waals surface area contributed by atoms with Crippen LogP contribution in [0.2, 0.25) is 0 Å². The highest BCUT2D eigenvalue weighted by Crippen LogP contribution is 2.32. The van der Waals surface area contributed by atoms with E-state index >= 15 is 0 Å². The molecule has 1 aliphatic heterocycles. The molecule has 1 aliphatic rings. The van der Waals surface area contributed by atoms with E-state index in [0.717, 1.165) is 14.5 Å². The highest BCUT2D eigenvalue weighted by molar-refractivity contribution is 9.10. The van der Waals surface area contributed by atoms with Crippen LogP contribution in [0.3, 0.4) is 0 Å². The molecule has 130 valence electrons. The third kappa shape index (κ3) is 4.26. The Morgan fingerprint density at radius 1 is 1.28 bits per heavy atom. The van der Waals surface area contributed by atoms with Crippen LogP contribution in [0, 0.1) is 0 Å². The predicted molar refractivity (Wildman–Crippen MR) is 104 cm³/mol. The lowest BCUT2D eigenvalue weighted by molar-refractivity contribution is 0.102. The molecule has 0 bridgehead atoms. The number of rotatable bonds is 3. The van der Waals surface area contributed by atoms with Crippen LogP contribution in [0.25, 0.3) is 0 Å². The Kier molecular flexibility index (Phi) is 5.21. The number of nitrogens with zero attached hydrogens (tertiary/aromatic N) is 2. The van der Waals surface area contributed by atoms with Gasteiger partial charge in [-0.05, 0) is 58.7 Å². The lowest BCUT2D eigenvalue weighted by Crippen LogP contribution is -2.37. The maximum Gasteiger partial charge on any atom is 0.274 e. The van der Waals surface area contributed by atoms with Gasteiger partial charge in [0.1, 0.15) is 23.7 Å². The SMILES string of the molecule is C[C@@]1(c2cc(Br)cc(NC(=O)c3ccc(Br)cn3)c2)COCC(N)=N1. The van der Waals surface area contributed by atoms with Crippen LogP contribution < -0.4 is 11.1 Å². The van der Waals surface area contributed by atoms with Crippen LogP contribution in [-0.2, 0) is 10.3 Å². The summed E-state index contributed by atoms with van der Waals surface area (Å²) in [6.45, 7) is 2.71. The molecule has 8 heteroatoms. The first-order valence-electron chi connectivity index (χ1n) is 7.52. The van der Waals surface area contributed by atoms with Crippen molar-refractivity contribution in [1.29, 1.82) is 0 Å². The van der Waals surface area contributed by atoms with E-state index < -0.39 is 5.54 Å². The van der Waals surface area contributed by atoms with Crippen LogP contribution in [0.1, 0.15) is 23.0 Å². The number of nitrogens with one attached hydrogen (secondary N) is 1. The quantitative estimate of drug-likeness (QED) is 0.723. The topological polar surface area (TPSA) is 89.6 Å². The van der Waals surface area contributed by atoms with Crippen LogP contribution >= 0.6 is 31.9 Å². The molecule has 0 radical (unpaired) electrons. The fourth-order valence-corrected chi connectivity index (χ4v) is 3.29. The molecule has 0 spiro atoms. The predicted octanol–water partition coefficient (Wildman–Crippen LogP) is 3.46. The number of benzene rings is 1. The number of anilines is 1. The lowest BCUT2D eigenvalue weighted by Gasteiger charge is -2.30. The Labute approximate surface area is 162 Å². The Morgan fingerprint density at radius 2 is 2.08 bits per heavy atom. The van der Waals surface area contributed by atoms with Gasteiger partial charge in [-0.25, -0.2) is 4.98 Å². The molecule has 0 fully saturated rings. The van der Waals surface area contributed by atoms with E-state index in [4.69, 9.17) is 10.5 Å². The van der Waals surface area contributed by atoms with Gasteiger partial charge in [-0.3, -0.25) is 9.79 Å². The number of hydrogen-bond acceptors (Lipinski definition) is 5. The molecule has 0 saturated carbocycles. The summed E-state index contributed by atoms with van der Waals surface area (Å²) in [5, 5.41) is 2.86. The van der Waals surface area contributed by atoms with Gasteiger partial charge in [-0.2, -0.15) is 0 Å². The molecule has 2 aromatic rings. The van der Waals surface area contributed by atoms with E-state index in [-0.39, 0.29) is 5.91 Å². The molecule has 1 atom stereocenters. The van der Waals surface area contributed by atoms with Crippen molar-refractivity contribution in [3.05, 3.63) is 56.7 Å². The Morgan fingerprint density at radius 3 is 2.76 bits per heavy atom. The van der Waals surface area contributed by atoms with Crippen LogP contribution in [-0.4, -0.2) is 29.9 Å². The second-order valence-corrected chi connectivity index (χ2v) is 7.75. The zero-order valence-electron chi connectivity index (χ0n) is 13.4. The summed E-state index contributed by atoms with van der Waals surface area (Å²) in [6.07, 6.45) is 1.58. The molecule has 1 aromatic heterocycles. The van der Waals surface area contributed by atoms with Gasteiger partial charge in [-0.1, -0.05) is 15.9 Å². The van der Waals surface area contributed by atoms with Crippen molar-refractivity contribution >= 4 is 49.3 Å². The Hall–Kier alpha value is -1.77. The average Bonchev–Trinajstić information content (AvgIpc) is 2.54. The van der Waals surface area contributed by atoms with Gasteiger partial charge in [0, 0.05) is 20.8 Å². The monoisotopic (exact) mass is 466 g/mol. The van der Waals surface area contributed by atoms with Crippen LogP contribution in [0.4, 0.5) is 5.69 Å². The van der Waals surface area contributed by atoms with E-state index in [9.17, 15) is 4.79 Å². The zero-order chi connectivity index (χ0) is 18.0. The normalized spacial score (nSPS) is 20.0. The Balaban J connectivity index is 1.88. The second kappa shape index (κ2) is 7.23. The van der Waals surface area contributed by atoms with E-state index in [0.29, 0.717) is 30.4 Å². The number of halogens is 2. The summed E-state index contributed by atoms with van der Waals surface area (Å²) < 4.78 is 7.16. The van der Waals surface area contributed by atoms with Crippen molar-refractivity contribution in [2.24, 2.45) is 10.7 Å². The summed E-state index contributed by atoms with van der Waals surface area (Å²) in [7, 11) is 0. The minimum atomic E-state index is -0.596. The maximum absolute atomic E-state index is 12.4. The van der Waals surface area contributed by atoms with Crippen molar-refractivity contribution in [2.45, 2.75) is 12.5 Å². The van der Waals surface area contributed by atoms with Crippen molar-refractivity contribution in [2.75, 3.05) is 18.5 Å². The van der Waals surface area contributed by atoms with Crippen molar-refractivity contribution in [3.63, 3.8) is 0 Å². The number of nitrogens with two attached hydrogens (primary N) is 1. The molecule has 25 heavy (non-hydrogen) atoms. The summed E-state index contributed by atoms with van der Waals surface area (Å²) in [6, 6.07) is 9.05. The molecule has 3 N–H and O–H groups in total. The summed E-state index contributed by atoms with van der Waals surface area (Å²) >= 11 is 6.78. The summed E-state index contributed by atoms with van der Waals surface area (Å²) in [5.74, 6) is 0.169. The number of carbonyl (C=O) groups excluding carboxylic acids is 1. The highest BCUT2D eigenvalue weighted by atomic mass is 79.9. The lowest BCUT2D eigenvalue weighted by atomic mass is 9.92. The van der Waals surface area contributed by atoms with Crippen molar-refractivity contribution in [1.82, 2.24) is 4.98 Å². The van der Waals surface area contributed by atoms with E-state index in [2.05, 4.69) is 47.2 Å². The molecular formula is C17H16Br2N4O2. The van der Waals surface area contributed by atoms with E-state index in [1.54, 1.807) is 18.3 Å². The largest absolute Gasteiger partial charge is 0.386 e. The van der Waals surface area contributed by atoms with Crippen LogP contribution in [0.5, 0.6) is 0 Å². The maximum atomic E-state index is 12.4. The van der Waals surface area contributed by atoms with Gasteiger partial charge >= 0.3 is 0 Å². The van der Waals surface area contributed by atoms with E-state index in [1.807, 2.05) is 25.1 Å². The number of amidine groups is 1. The zero-order valence-corrected chi connectivity index (χ0v) is 16.6. The molecule has 6 nitrogen and oxygen atoms in total. The van der Waals surface area contributed by atoms with E-state index in [1.165, 1.54) is 0 Å². The average molecular weight is 468 g/mol. The van der Waals surface area contributed by atoms with Gasteiger partial charge in [-0.15, -0.1) is 0 Å².